The van der Waals surface area contributed by atoms with Gasteiger partial charge in [0.1, 0.15) is 0 Å². The molecule has 0 aliphatic heterocycles. The Kier molecular flexibility index (Phi) is 3.66. The van der Waals surface area contributed by atoms with Crippen molar-refractivity contribution >= 4 is 21.9 Å². The molecule has 1 rings (SSSR count). The zero-order chi connectivity index (χ0) is 10.7. The molecular formula is C10H12BrNO2. The van der Waals surface area contributed by atoms with E-state index >= 15 is 0 Å². The van der Waals surface area contributed by atoms with Crippen LogP contribution in [0.25, 0.3) is 0 Å². The fraction of sp³-hybridized carbons (Fsp3) is 0.300. The predicted molar refractivity (Wildman–Crippen MR) is 58.6 cm³/mol. The van der Waals surface area contributed by atoms with Crippen LogP contribution in [0.3, 0.4) is 0 Å². The number of hydrogen-bond acceptors (Lipinski definition) is 2. The van der Waals surface area contributed by atoms with Crippen molar-refractivity contribution in [3.05, 3.63) is 33.8 Å². The van der Waals surface area contributed by atoms with Gasteiger partial charge < -0.3 is 10.4 Å². The first kappa shape index (κ1) is 11.2. The second-order valence-corrected chi connectivity index (χ2v) is 3.96. The van der Waals surface area contributed by atoms with Crippen LogP contribution >= 0.6 is 15.9 Å². The van der Waals surface area contributed by atoms with Crippen molar-refractivity contribution in [2.75, 3.05) is 7.05 Å². The summed E-state index contributed by atoms with van der Waals surface area (Å²) in [5, 5.41) is 12.0. The highest BCUT2D eigenvalue weighted by molar-refractivity contribution is 9.10. The smallest absolute Gasteiger partial charge is 0.336 e. The van der Waals surface area contributed by atoms with Crippen LogP contribution in [0.2, 0.25) is 0 Å². The highest BCUT2D eigenvalue weighted by atomic mass is 79.9. The average molecular weight is 258 g/mol. The fourth-order valence-electron chi connectivity index (χ4n) is 1.25. The topological polar surface area (TPSA) is 49.3 Å². The second-order valence-electron chi connectivity index (χ2n) is 3.05. The van der Waals surface area contributed by atoms with E-state index in [-0.39, 0.29) is 6.04 Å². The van der Waals surface area contributed by atoms with Crippen LogP contribution in [-0.4, -0.2) is 18.1 Å². The molecule has 0 saturated carbocycles. The first-order valence-electron chi connectivity index (χ1n) is 4.26. The van der Waals surface area contributed by atoms with Gasteiger partial charge in [-0.05, 0) is 31.7 Å². The molecule has 0 saturated heterocycles. The van der Waals surface area contributed by atoms with Crippen molar-refractivity contribution in [2.24, 2.45) is 0 Å². The van der Waals surface area contributed by atoms with E-state index in [2.05, 4.69) is 21.2 Å². The summed E-state index contributed by atoms with van der Waals surface area (Å²) >= 11 is 3.25. The van der Waals surface area contributed by atoms with Crippen molar-refractivity contribution in [2.45, 2.75) is 13.0 Å². The van der Waals surface area contributed by atoms with Crippen LogP contribution in [0.4, 0.5) is 0 Å². The first-order chi connectivity index (χ1) is 6.56. The number of halogens is 1. The van der Waals surface area contributed by atoms with Crippen molar-refractivity contribution in [1.82, 2.24) is 5.32 Å². The van der Waals surface area contributed by atoms with Crippen molar-refractivity contribution < 1.29 is 9.90 Å². The number of rotatable bonds is 3. The van der Waals surface area contributed by atoms with Crippen LogP contribution < -0.4 is 5.32 Å². The average Bonchev–Trinajstić information content (AvgIpc) is 2.16. The van der Waals surface area contributed by atoms with Gasteiger partial charge in [0.15, 0.2) is 0 Å². The van der Waals surface area contributed by atoms with Gasteiger partial charge in [0.25, 0.3) is 0 Å². The molecule has 0 spiro atoms. The zero-order valence-corrected chi connectivity index (χ0v) is 9.63. The van der Waals surface area contributed by atoms with Gasteiger partial charge in [-0.3, -0.25) is 0 Å². The molecule has 0 aliphatic carbocycles. The van der Waals surface area contributed by atoms with Gasteiger partial charge in [0, 0.05) is 10.5 Å². The summed E-state index contributed by atoms with van der Waals surface area (Å²) in [5.41, 5.74) is 1.13. The maximum atomic E-state index is 10.9. The molecule has 2 N–H and O–H groups in total. The Morgan fingerprint density at radius 2 is 2.21 bits per heavy atom. The highest BCUT2D eigenvalue weighted by Gasteiger charge is 2.14. The SMILES string of the molecule is CNC(C)c1ccc(Br)cc1C(=O)O. The Hall–Kier alpha value is -0.870. The normalized spacial score (nSPS) is 12.5. The second kappa shape index (κ2) is 4.57. The number of benzene rings is 1. The largest absolute Gasteiger partial charge is 0.478 e. The maximum Gasteiger partial charge on any atom is 0.336 e. The van der Waals surface area contributed by atoms with Gasteiger partial charge in [0.2, 0.25) is 0 Å². The molecule has 0 radical (unpaired) electrons. The quantitative estimate of drug-likeness (QED) is 0.875. The maximum absolute atomic E-state index is 10.9. The molecule has 0 heterocycles. The molecule has 14 heavy (non-hydrogen) atoms. The summed E-state index contributed by atoms with van der Waals surface area (Å²) in [6, 6.07) is 5.31. The van der Waals surface area contributed by atoms with Crippen LogP contribution in [0, 0.1) is 0 Å². The van der Waals surface area contributed by atoms with Gasteiger partial charge >= 0.3 is 5.97 Å². The Labute approximate surface area is 91.3 Å². The van der Waals surface area contributed by atoms with Gasteiger partial charge in [0.05, 0.1) is 5.56 Å². The third-order valence-corrected chi connectivity index (χ3v) is 2.64. The molecule has 1 unspecified atom stereocenters. The number of carboxylic acid groups (broad SMARTS) is 1. The summed E-state index contributed by atoms with van der Waals surface area (Å²) in [4.78, 5) is 10.9. The van der Waals surface area contributed by atoms with Crippen LogP contribution in [0.15, 0.2) is 22.7 Å². The van der Waals surface area contributed by atoms with E-state index in [1.165, 1.54) is 0 Å². The Morgan fingerprint density at radius 3 is 2.71 bits per heavy atom. The van der Waals surface area contributed by atoms with Crippen molar-refractivity contribution in [1.29, 1.82) is 0 Å². The van der Waals surface area contributed by atoms with Crippen LogP contribution in [0.1, 0.15) is 28.9 Å². The van der Waals surface area contributed by atoms with E-state index in [1.807, 2.05) is 19.1 Å². The van der Waals surface area contributed by atoms with Gasteiger partial charge in [-0.15, -0.1) is 0 Å². The van der Waals surface area contributed by atoms with E-state index in [1.54, 1.807) is 13.1 Å². The minimum atomic E-state index is -0.900. The van der Waals surface area contributed by atoms with Gasteiger partial charge in [-0.1, -0.05) is 22.0 Å². The summed E-state index contributed by atoms with van der Waals surface area (Å²) in [6.07, 6.45) is 0. The molecule has 4 heteroatoms. The molecule has 1 atom stereocenters. The molecule has 0 aliphatic rings. The van der Waals surface area contributed by atoms with E-state index in [0.717, 1.165) is 10.0 Å². The lowest BCUT2D eigenvalue weighted by Gasteiger charge is -2.13. The third kappa shape index (κ3) is 2.33. The molecule has 1 aromatic carbocycles. The zero-order valence-electron chi connectivity index (χ0n) is 8.04. The highest BCUT2D eigenvalue weighted by Crippen LogP contribution is 2.21. The molecule has 1 aromatic rings. The molecule has 0 bridgehead atoms. The van der Waals surface area contributed by atoms with Crippen LogP contribution in [0.5, 0.6) is 0 Å². The minimum absolute atomic E-state index is 0.0363. The van der Waals surface area contributed by atoms with E-state index in [9.17, 15) is 4.79 Å². The van der Waals surface area contributed by atoms with Gasteiger partial charge in [-0.2, -0.15) is 0 Å². The van der Waals surface area contributed by atoms with Gasteiger partial charge in [-0.25, -0.2) is 4.79 Å². The molecule has 76 valence electrons. The molecule has 0 amide bonds. The van der Waals surface area contributed by atoms with E-state index in [0.29, 0.717) is 5.56 Å². The molecule has 0 fully saturated rings. The number of carbonyl (C=O) groups is 1. The molecule has 3 nitrogen and oxygen atoms in total. The Balaban J connectivity index is 3.21. The summed E-state index contributed by atoms with van der Waals surface area (Å²) < 4.78 is 0.780. The van der Waals surface area contributed by atoms with E-state index < -0.39 is 5.97 Å². The Bertz CT molecular complexity index is 352. The predicted octanol–water partition coefficient (Wildman–Crippen LogP) is 2.43. The summed E-state index contributed by atoms with van der Waals surface area (Å²) in [7, 11) is 1.80. The monoisotopic (exact) mass is 257 g/mol. The van der Waals surface area contributed by atoms with Crippen LogP contribution in [-0.2, 0) is 0 Å². The first-order valence-corrected chi connectivity index (χ1v) is 5.05. The van der Waals surface area contributed by atoms with Crippen molar-refractivity contribution in [3.8, 4) is 0 Å². The molecular weight excluding hydrogens is 246 g/mol. The minimum Gasteiger partial charge on any atom is -0.478 e. The third-order valence-electron chi connectivity index (χ3n) is 2.15. The Morgan fingerprint density at radius 1 is 1.57 bits per heavy atom. The lowest BCUT2D eigenvalue weighted by molar-refractivity contribution is 0.0695. The standard InChI is InChI=1S/C10H12BrNO2/c1-6(12-2)8-4-3-7(11)5-9(8)10(13)14/h3-6,12H,1-2H3,(H,13,14). The number of nitrogens with one attached hydrogen (secondary N) is 1. The summed E-state index contributed by atoms with van der Waals surface area (Å²) in [6.45, 7) is 1.93. The molecule has 0 aromatic heterocycles. The van der Waals surface area contributed by atoms with Crippen molar-refractivity contribution in [3.63, 3.8) is 0 Å². The lowest BCUT2D eigenvalue weighted by atomic mass is 10.0. The lowest BCUT2D eigenvalue weighted by Crippen LogP contribution is -2.16. The number of carboxylic acids is 1. The summed E-state index contributed by atoms with van der Waals surface area (Å²) in [5.74, 6) is -0.900. The fourth-order valence-corrected chi connectivity index (χ4v) is 1.61. The number of aromatic carboxylic acids is 1. The van der Waals surface area contributed by atoms with E-state index in [4.69, 9.17) is 5.11 Å². The number of hydrogen-bond donors (Lipinski definition) is 2.